The van der Waals surface area contributed by atoms with Gasteiger partial charge in [0.1, 0.15) is 0 Å². The van der Waals surface area contributed by atoms with Crippen molar-refractivity contribution in [1.82, 2.24) is 14.7 Å². The number of hydrogen-bond acceptors (Lipinski definition) is 3. The molecule has 0 spiro atoms. The minimum absolute atomic E-state index is 0.191. The molecule has 1 fully saturated rings. The molecule has 1 aliphatic carbocycles. The van der Waals surface area contributed by atoms with E-state index >= 15 is 0 Å². The van der Waals surface area contributed by atoms with E-state index < -0.39 is 17.8 Å². The Morgan fingerprint density at radius 1 is 1.25 bits per heavy atom. The van der Waals surface area contributed by atoms with Crippen molar-refractivity contribution in [2.24, 2.45) is 0 Å². The minimum Gasteiger partial charge on any atom is -0.390 e. The Labute approximate surface area is 138 Å². The smallest absolute Gasteiger partial charge is 0.390 e. The highest BCUT2D eigenvalue weighted by atomic mass is 19.4. The average Bonchev–Trinajstić information content (AvgIpc) is 3.25. The highest BCUT2D eigenvalue weighted by molar-refractivity contribution is 5.29. The monoisotopic (exact) mass is 339 g/mol. The molecule has 3 rings (SSSR count). The quantitative estimate of drug-likeness (QED) is 0.843. The van der Waals surface area contributed by atoms with Gasteiger partial charge in [0.25, 0.3) is 0 Å². The van der Waals surface area contributed by atoms with Gasteiger partial charge in [0.05, 0.1) is 18.2 Å². The van der Waals surface area contributed by atoms with Crippen molar-refractivity contribution in [1.29, 1.82) is 0 Å². The third-order valence-electron chi connectivity index (χ3n) is 4.16. The maximum Gasteiger partial charge on any atom is 0.416 e. The average molecular weight is 339 g/mol. The van der Waals surface area contributed by atoms with Crippen molar-refractivity contribution < 1.29 is 18.3 Å². The summed E-state index contributed by atoms with van der Waals surface area (Å²) in [5.74, 6) is 0. The Kier molecular flexibility index (Phi) is 4.91. The first-order chi connectivity index (χ1) is 11.4. The van der Waals surface area contributed by atoms with E-state index in [4.69, 9.17) is 0 Å². The first kappa shape index (κ1) is 17.0. The van der Waals surface area contributed by atoms with E-state index in [-0.39, 0.29) is 18.2 Å². The molecule has 0 aliphatic heterocycles. The van der Waals surface area contributed by atoms with Gasteiger partial charge < -0.3 is 5.11 Å². The first-order valence-electron chi connectivity index (χ1n) is 7.98. The number of aliphatic hydroxyl groups excluding tert-OH is 1. The van der Waals surface area contributed by atoms with Crippen LogP contribution in [0.4, 0.5) is 13.2 Å². The Hall–Kier alpha value is -1.86. The lowest BCUT2D eigenvalue weighted by Gasteiger charge is -2.26. The predicted molar refractivity (Wildman–Crippen MR) is 83.1 cm³/mol. The molecule has 7 heteroatoms. The number of hydrogen-bond donors (Lipinski definition) is 1. The molecule has 0 bridgehead atoms. The van der Waals surface area contributed by atoms with Gasteiger partial charge in [-0.05, 0) is 30.5 Å². The first-order valence-corrected chi connectivity index (χ1v) is 7.98. The van der Waals surface area contributed by atoms with Crippen LogP contribution in [-0.4, -0.2) is 38.5 Å². The van der Waals surface area contributed by atoms with Crippen molar-refractivity contribution in [3.63, 3.8) is 0 Å². The lowest BCUT2D eigenvalue weighted by molar-refractivity contribution is -0.138. The summed E-state index contributed by atoms with van der Waals surface area (Å²) in [7, 11) is 0. The van der Waals surface area contributed by atoms with Crippen LogP contribution in [0.3, 0.4) is 0 Å². The molecular formula is C17H20F3N3O. The van der Waals surface area contributed by atoms with E-state index in [9.17, 15) is 18.3 Å². The zero-order valence-electron chi connectivity index (χ0n) is 13.2. The number of benzene rings is 1. The maximum absolute atomic E-state index is 13.2. The molecule has 1 aromatic heterocycles. The summed E-state index contributed by atoms with van der Waals surface area (Å²) in [5, 5.41) is 14.3. The molecule has 0 radical (unpaired) electrons. The molecule has 1 atom stereocenters. The molecule has 0 saturated heterocycles. The van der Waals surface area contributed by atoms with Crippen LogP contribution in [0.25, 0.3) is 0 Å². The van der Waals surface area contributed by atoms with Crippen LogP contribution < -0.4 is 0 Å². The summed E-state index contributed by atoms with van der Waals surface area (Å²) in [6.45, 7) is 0.852. The summed E-state index contributed by atoms with van der Waals surface area (Å²) in [5.41, 5.74) is -0.347. The fourth-order valence-electron chi connectivity index (χ4n) is 2.89. The van der Waals surface area contributed by atoms with Crippen molar-refractivity contribution in [2.45, 2.75) is 44.3 Å². The van der Waals surface area contributed by atoms with Crippen molar-refractivity contribution in [2.75, 3.05) is 6.54 Å². The van der Waals surface area contributed by atoms with Crippen LogP contribution >= 0.6 is 0 Å². The van der Waals surface area contributed by atoms with E-state index in [0.29, 0.717) is 13.1 Å². The third kappa shape index (κ3) is 4.36. The summed E-state index contributed by atoms with van der Waals surface area (Å²) in [6.07, 6.45) is 0.267. The van der Waals surface area contributed by atoms with Gasteiger partial charge in [-0.25, -0.2) is 0 Å². The fourth-order valence-corrected chi connectivity index (χ4v) is 2.89. The van der Waals surface area contributed by atoms with Gasteiger partial charge in [-0.1, -0.05) is 18.2 Å². The van der Waals surface area contributed by atoms with Crippen molar-refractivity contribution in [3.8, 4) is 0 Å². The largest absolute Gasteiger partial charge is 0.416 e. The zero-order chi connectivity index (χ0) is 17.2. The van der Waals surface area contributed by atoms with Gasteiger partial charge >= 0.3 is 6.18 Å². The lowest BCUT2D eigenvalue weighted by Crippen LogP contribution is -2.36. The highest BCUT2D eigenvalue weighted by Crippen LogP contribution is 2.34. The predicted octanol–water partition coefficient (Wildman–Crippen LogP) is 2.93. The second-order valence-corrected chi connectivity index (χ2v) is 6.20. The second kappa shape index (κ2) is 6.94. The number of alkyl halides is 3. The Balaban J connectivity index is 1.69. The van der Waals surface area contributed by atoms with Crippen LogP contribution in [0, 0.1) is 0 Å². The molecule has 1 aromatic carbocycles. The lowest BCUT2D eigenvalue weighted by atomic mass is 10.1. The topological polar surface area (TPSA) is 41.3 Å². The Morgan fingerprint density at radius 2 is 2.00 bits per heavy atom. The number of halogens is 3. The van der Waals surface area contributed by atoms with Gasteiger partial charge in [0, 0.05) is 31.5 Å². The van der Waals surface area contributed by atoms with Crippen LogP contribution in [0.1, 0.15) is 24.0 Å². The Morgan fingerprint density at radius 3 is 2.62 bits per heavy atom. The SMILES string of the molecule is O[C@@H](CN(Cc1ccccc1C(F)(F)F)C1CC1)Cn1cccn1. The summed E-state index contributed by atoms with van der Waals surface area (Å²) >= 11 is 0. The van der Waals surface area contributed by atoms with Crippen LogP contribution in [-0.2, 0) is 19.3 Å². The normalized spacial score (nSPS) is 16.5. The number of rotatable bonds is 7. The second-order valence-electron chi connectivity index (χ2n) is 6.20. The van der Waals surface area contributed by atoms with Crippen LogP contribution in [0.15, 0.2) is 42.7 Å². The highest BCUT2D eigenvalue weighted by Gasteiger charge is 2.35. The number of aromatic nitrogens is 2. The fraction of sp³-hybridized carbons (Fsp3) is 0.471. The molecule has 2 aromatic rings. The molecule has 0 unspecified atom stereocenters. The molecule has 4 nitrogen and oxygen atoms in total. The van der Waals surface area contributed by atoms with Crippen molar-refractivity contribution >= 4 is 0 Å². The van der Waals surface area contributed by atoms with E-state index in [2.05, 4.69) is 5.10 Å². The molecule has 1 aliphatic rings. The van der Waals surface area contributed by atoms with E-state index in [1.807, 2.05) is 4.90 Å². The van der Waals surface area contributed by atoms with Gasteiger partial charge in [0.2, 0.25) is 0 Å². The van der Waals surface area contributed by atoms with Gasteiger partial charge in [-0.15, -0.1) is 0 Å². The van der Waals surface area contributed by atoms with Gasteiger partial charge in [0.15, 0.2) is 0 Å². The van der Waals surface area contributed by atoms with Crippen molar-refractivity contribution in [3.05, 3.63) is 53.9 Å². The molecule has 1 saturated carbocycles. The summed E-state index contributed by atoms with van der Waals surface area (Å²) in [4.78, 5) is 1.94. The van der Waals surface area contributed by atoms with E-state index in [1.54, 1.807) is 29.2 Å². The van der Waals surface area contributed by atoms with Gasteiger partial charge in [-0.2, -0.15) is 18.3 Å². The van der Waals surface area contributed by atoms with Crippen LogP contribution in [0.2, 0.25) is 0 Å². The number of nitrogens with zero attached hydrogens (tertiary/aromatic N) is 3. The minimum atomic E-state index is -4.36. The number of aliphatic hydroxyl groups is 1. The molecular weight excluding hydrogens is 319 g/mol. The molecule has 1 heterocycles. The zero-order valence-corrected chi connectivity index (χ0v) is 13.2. The Bertz CT molecular complexity index is 653. The maximum atomic E-state index is 13.2. The van der Waals surface area contributed by atoms with E-state index in [0.717, 1.165) is 18.9 Å². The molecule has 1 N–H and O–H groups in total. The third-order valence-corrected chi connectivity index (χ3v) is 4.16. The van der Waals surface area contributed by atoms with Crippen LogP contribution in [0.5, 0.6) is 0 Å². The summed E-state index contributed by atoms with van der Waals surface area (Å²) < 4.78 is 41.1. The van der Waals surface area contributed by atoms with Gasteiger partial charge in [-0.3, -0.25) is 9.58 Å². The summed E-state index contributed by atoms with van der Waals surface area (Å²) in [6, 6.07) is 7.67. The molecule has 24 heavy (non-hydrogen) atoms. The standard InChI is InChI=1S/C17H20F3N3O/c18-17(19,20)16-5-2-1-4-13(16)10-22(14-6-7-14)11-15(24)12-23-9-3-8-21-23/h1-5,8-9,14-15,24H,6-7,10-12H2/t15-/m0/s1. The molecule has 0 amide bonds. The molecule has 130 valence electrons. The van der Waals surface area contributed by atoms with E-state index in [1.165, 1.54) is 12.1 Å².